The Hall–Kier alpha value is -2.25. The Morgan fingerprint density at radius 2 is 1.76 bits per heavy atom. The normalized spacial score (nSPS) is 10.9. The highest BCUT2D eigenvalue weighted by Crippen LogP contribution is 2.25. The third-order valence-corrected chi connectivity index (χ3v) is 2.48. The van der Waals surface area contributed by atoms with Crippen molar-refractivity contribution < 1.29 is 27.5 Å². The number of ether oxygens (including phenoxy) is 1. The van der Waals surface area contributed by atoms with E-state index in [1.807, 2.05) is 0 Å². The van der Waals surface area contributed by atoms with E-state index in [0.29, 0.717) is 11.3 Å². The minimum Gasteiger partial charge on any atom is -0.450 e. The maximum absolute atomic E-state index is 12.1. The average Bonchev–Trinajstić information content (AvgIpc) is 2.32. The third-order valence-electron chi connectivity index (χ3n) is 2.48. The van der Waals surface area contributed by atoms with Gasteiger partial charge in [-0.15, -0.1) is 0 Å². The van der Waals surface area contributed by atoms with Gasteiger partial charge in [-0.05, 0) is 31.5 Å². The van der Waals surface area contributed by atoms with Crippen LogP contribution in [0.2, 0.25) is 0 Å². The number of rotatable bonds is 4. The molecule has 0 radical (unpaired) electrons. The number of anilines is 2. The second-order valence-electron chi connectivity index (χ2n) is 4.16. The van der Waals surface area contributed by atoms with Crippen LogP contribution in [0.15, 0.2) is 18.2 Å². The van der Waals surface area contributed by atoms with Crippen LogP contribution in [0.3, 0.4) is 0 Å². The Morgan fingerprint density at radius 1 is 1.19 bits per heavy atom. The molecule has 0 atom stereocenters. The molecule has 0 aliphatic carbocycles. The Kier molecular flexibility index (Phi) is 5.57. The summed E-state index contributed by atoms with van der Waals surface area (Å²) in [5.41, 5.74) is 0.970. The number of carbonyl (C=O) groups excluding carboxylic acids is 2. The van der Waals surface area contributed by atoms with Gasteiger partial charge in [-0.25, -0.2) is 4.79 Å². The number of hydrogen-bond donors (Lipinski definition) is 2. The second kappa shape index (κ2) is 6.96. The van der Waals surface area contributed by atoms with E-state index < -0.39 is 24.6 Å². The molecule has 0 aliphatic heterocycles. The molecule has 0 heterocycles. The molecule has 8 heteroatoms. The average molecular weight is 304 g/mol. The fourth-order valence-corrected chi connectivity index (χ4v) is 1.56. The van der Waals surface area contributed by atoms with Crippen LogP contribution in [0, 0.1) is 6.92 Å². The van der Waals surface area contributed by atoms with Crippen molar-refractivity contribution in [2.75, 3.05) is 17.2 Å². The molecule has 0 aliphatic rings. The monoisotopic (exact) mass is 304 g/mol. The minimum atomic E-state index is -4.57. The van der Waals surface area contributed by atoms with E-state index in [9.17, 15) is 22.8 Å². The number of carbonyl (C=O) groups is 2. The summed E-state index contributed by atoms with van der Waals surface area (Å²) in [7, 11) is 0. The van der Waals surface area contributed by atoms with E-state index in [4.69, 9.17) is 4.74 Å². The van der Waals surface area contributed by atoms with Crippen molar-refractivity contribution in [3.05, 3.63) is 23.8 Å². The second-order valence-corrected chi connectivity index (χ2v) is 4.16. The van der Waals surface area contributed by atoms with Crippen LogP contribution >= 0.6 is 0 Å². The van der Waals surface area contributed by atoms with Crippen molar-refractivity contribution in [3.63, 3.8) is 0 Å². The first-order valence-corrected chi connectivity index (χ1v) is 6.13. The van der Waals surface area contributed by atoms with E-state index in [0.717, 1.165) is 0 Å². The van der Waals surface area contributed by atoms with Gasteiger partial charge in [0.25, 0.3) is 0 Å². The molecule has 1 aromatic rings. The first-order chi connectivity index (χ1) is 9.73. The zero-order valence-corrected chi connectivity index (χ0v) is 11.5. The molecular weight excluding hydrogens is 289 g/mol. The number of halogens is 3. The van der Waals surface area contributed by atoms with Crippen molar-refractivity contribution in [2.24, 2.45) is 0 Å². The lowest BCUT2D eigenvalue weighted by molar-refractivity contribution is -0.150. The maximum Gasteiger partial charge on any atom is 0.411 e. The zero-order valence-electron chi connectivity index (χ0n) is 11.5. The van der Waals surface area contributed by atoms with E-state index >= 15 is 0 Å². The van der Waals surface area contributed by atoms with Gasteiger partial charge in [0.1, 0.15) is 6.42 Å². The summed E-state index contributed by atoms with van der Waals surface area (Å²) in [6.45, 7) is 3.39. The molecule has 5 nitrogen and oxygen atoms in total. The van der Waals surface area contributed by atoms with Crippen molar-refractivity contribution >= 4 is 23.4 Å². The van der Waals surface area contributed by atoms with Gasteiger partial charge in [0.15, 0.2) is 0 Å². The van der Waals surface area contributed by atoms with Gasteiger partial charge in [0.2, 0.25) is 5.91 Å². The molecule has 0 bridgehead atoms. The first-order valence-electron chi connectivity index (χ1n) is 6.13. The summed E-state index contributed by atoms with van der Waals surface area (Å²) < 4.78 is 41.0. The number of benzene rings is 1. The maximum atomic E-state index is 12.1. The summed E-state index contributed by atoms with van der Waals surface area (Å²) in [6, 6.07) is 4.49. The number of amides is 2. The Morgan fingerprint density at radius 3 is 2.29 bits per heavy atom. The molecule has 0 fully saturated rings. The highest BCUT2D eigenvalue weighted by atomic mass is 19.4. The molecule has 0 saturated heterocycles. The van der Waals surface area contributed by atoms with Crippen LogP contribution in [0.4, 0.5) is 29.3 Å². The number of hydrogen-bond acceptors (Lipinski definition) is 3. The van der Waals surface area contributed by atoms with Crippen LogP contribution in [-0.2, 0) is 9.53 Å². The quantitative estimate of drug-likeness (QED) is 0.895. The lowest BCUT2D eigenvalue weighted by Crippen LogP contribution is -2.22. The fraction of sp³-hybridized carbons (Fsp3) is 0.385. The predicted octanol–water partition coefficient (Wildman–Crippen LogP) is 3.45. The van der Waals surface area contributed by atoms with Crippen LogP contribution in [0.1, 0.15) is 18.9 Å². The lowest BCUT2D eigenvalue weighted by atomic mass is 10.1. The zero-order chi connectivity index (χ0) is 16.0. The van der Waals surface area contributed by atoms with Gasteiger partial charge < -0.3 is 10.1 Å². The van der Waals surface area contributed by atoms with Gasteiger partial charge in [-0.2, -0.15) is 13.2 Å². The minimum absolute atomic E-state index is 0.187. The van der Waals surface area contributed by atoms with Crippen LogP contribution < -0.4 is 10.6 Å². The molecule has 0 unspecified atom stereocenters. The molecule has 0 saturated carbocycles. The molecule has 0 spiro atoms. The molecule has 0 aromatic heterocycles. The summed E-state index contributed by atoms with van der Waals surface area (Å²) in [5.74, 6) is -1.17. The largest absolute Gasteiger partial charge is 0.450 e. The Balaban J connectivity index is 2.81. The van der Waals surface area contributed by atoms with Crippen molar-refractivity contribution in [2.45, 2.75) is 26.4 Å². The topological polar surface area (TPSA) is 67.4 Å². The molecular formula is C13H15F3N2O3. The Bertz CT molecular complexity index is 530. The van der Waals surface area contributed by atoms with E-state index in [1.54, 1.807) is 19.9 Å². The Labute approximate surface area is 119 Å². The van der Waals surface area contributed by atoms with Crippen molar-refractivity contribution in [1.29, 1.82) is 0 Å². The van der Waals surface area contributed by atoms with Crippen LogP contribution in [0.25, 0.3) is 0 Å². The molecule has 2 amide bonds. The van der Waals surface area contributed by atoms with Crippen molar-refractivity contribution in [3.8, 4) is 0 Å². The SMILES string of the molecule is CCOC(=O)Nc1cccc(NC(=O)CC(F)(F)F)c1C. The summed E-state index contributed by atoms with van der Waals surface area (Å²) in [5, 5.41) is 4.60. The van der Waals surface area contributed by atoms with E-state index in [1.165, 1.54) is 12.1 Å². The summed E-state index contributed by atoms with van der Waals surface area (Å²) in [4.78, 5) is 22.6. The lowest BCUT2D eigenvalue weighted by Gasteiger charge is -2.14. The smallest absolute Gasteiger partial charge is 0.411 e. The summed E-state index contributed by atoms with van der Waals surface area (Å²) in [6.07, 6.45) is -6.82. The van der Waals surface area contributed by atoms with E-state index in [2.05, 4.69) is 10.6 Å². The van der Waals surface area contributed by atoms with Gasteiger partial charge in [0, 0.05) is 11.4 Å². The molecule has 1 rings (SSSR count). The van der Waals surface area contributed by atoms with Crippen LogP contribution in [-0.4, -0.2) is 24.8 Å². The summed E-state index contributed by atoms with van der Waals surface area (Å²) >= 11 is 0. The molecule has 116 valence electrons. The van der Waals surface area contributed by atoms with Gasteiger partial charge in [-0.3, -0.25) is 10.1 Å². The number of alkyl halides is 3. The molecule has 1 aromatic carbocycles. The standard InChI is InChI=1S/C13H15F3N2O3/c1-3-21-12(20)18-10-6-4-5-9(8(10)2)17-11(19)7-13(14,15)16/h4-6H,3,7H2,1-2H3,(H,17,19)(H,18,20). The highest BCUT2D eigenvalue weighted by Gasteiger charge is 2.31. The molecule has 21 heavy (non-hydrogen) atoms. The van der Waals surface area contributed by atoms with E-state index in [-0.39, 0.29) is 12.3 Å². The highest BCUT2D eigenvalue weighted by molar-refractivity contribution is 5.94. The van der Waals surface area contributed by atoms with Gasteiger partial charge in [-0.1, -0.05) is 6.07 Å². The van der Waals surface area contributed by atoms with Gasteiger partial charge >= 0.3 is 12.3 Å². The van der Waals surface area contributed by atoms with Crippen LogP contribution in [0.5, 0.6) is 0 Å². The third kappa shape index (κ3) is 5.72. The predicted molar refractivity (Wildman–Crippen MR) is 71.1 cm³/mol. The van der Waals surface area contributed by atoms with Crippen molar-refractivity contribution in [1.82, 2.24) is 0 Å². The number of nitrogens with one attached hydrogen (secondary N) is 2. The fourth-order valence-electron chi connectivity index (χ4n) is 1.56. The molecule has 2 N–H and O–H groups in total. The van der Waals surface area contributed by atoms with Gasteiger partial charge in [0.05, 0.1) is 6.61 Å². The first kappa shape index (κ1) is 16.8.